The van der Waals surface area contributed by atoms with Crippen molar-refractivity contribution in [3.05, 3.63) is 17.5 Å². The Kier molecular flexibility index (Phi) is 6.18. The first-order valence-electron chi connectivity index (χ1n) is 6.19. The third-order valence-electron chi connectivity index (χ3n) is 2.73. The number of hydrogen-bond acceptors (Lipinski definition) is 5. The molecule has 5 nitrogen and oxygen atoms in total. The van der Waals surface area contributed by atoms with E-state index in [1.54, 1.807) is 0 Å². The van der Waals surface area contributed by atoms with Gasteiger partial charge >= 0.3 is 0 Å². The molecule has 1 aromatic heterocycles. The monoisotopic (exact) mass is 241 g/mol. The van der Waals surface area contributed by atoms with Gasteiger partial charge in [0.15, 0.2) is 0 Å². The Morgan fingerprint density at radius 2 is 2.18 bits per heavy atom. The van der Waals surface area contributed by atoms with Crippen molar-refractivity contribution in [3.63, 3.8) is 0 Å². The molecule has 0 fully saturated rings. The van der Waals surface area contributed by atoms with Crippen molar-refractivity contribution in [1.82, 2.24) is 15.4 Å². The quantitative estimate of drug-likeness (QED) is 0.704. The molecule has 0 saturated heterocycles. The number of aryl methyl sites for hydroxylation is 1. The largest absolute Gasteiger partial charge is 0.390 e. The zero-order valence-electron chi connectivity index (χ0n) is 10.9. The van der Waals surface area contributed by atoms with E-state index in [9.17, 15) is 5.11 Å². The lowest BCUT2D eigenvalue weighted by Crippen LogP contribution is -2.38. The maximum Gasteiger partial charge on any atom is 0.133 e. The van der Waals surface area contributed by atoms with Crippen LogP contribution in [-0.2, 0) is 6.54 Å². The van der Waals surface area contributed by atoms with Gasteiger partial charge in [0.25, 0.3) is 0 Å². The van der Waals surface area contributed by atoms with Crippen LogP contribution in [0.2, 0.25) is 0 Å². The minimum absolute atomic E-state index is 0.345. The lowest BCUT2D eigenvalue weighted by atomic mass is 10.3. The van der Waals surface area contributed by atoms with E-state index in [-0.39, 0.29) is 6.10 Å². The molecule has 1 rings (SSSR count). The summed E-state index contributed by atoms with van der Waals surface area (Å²) in [6.07, 6.45) is -0.345. The molecule has 1 atom stereocenters. The molecule has 0 bridgehead atoms. The first kappa shape index (κ1) is 14.2. The predicted octanol–water partition coefficient (Wildman–Crippen LogP) is 0.775. The number of nitrogens with zero attached hydrogens (tertiary/aromatic N) is 2. The van der Waals surface area contributed by atoms with Gasteiger partial charge in [0.2, 0.25) is 0 Å². The van der Waals surface area contributed by atoms with Crippen LogP contribution in [0.3, 0.4) is 0 Å². The Morgan fingerprint density at radius 3 is 2.71 bits per heavy atom. The number of aliphatic hydroxyl groups excluding tert-OH is 1. The average Bonchev–Trinajstić information content (AvgIpc) is 2.72. The van der Waals surface area contributed by atoms with Crippen LogP contribution in [0.15, 0.2) is 10.6 Å². The smallest absolute Gasteiger partial charge is 0.133 e. The van der Waals surface area contributed by atoms with Gasteiger partial charge in [-0.05, 0) is 20.0 Å². The first-order chi connectivity index (χ1) is 8.15. The van der Waals surface area contributed by atoms with Gasteiger partial charge in [-0.2, -0.15) is 0 Å². The summed E-state index contributed by atoms with van der Waals surface area (Å²) in [5.41, 5.74) is 0.873. The van der Waals surface area contributed by atoms with Crippen molar-refractivity contribution in [2.75, 3.05) is 26.2 Å². The van der Waals surface area contributed by atoms with E-state index in [0.717, 1.165) is 24.5 Å². The van der Waals surface area contributed by atoms with Gasteiger partial charge in [0.05, 0.1) is 11.8 Å². The summed E-state index contributed by atoms with van der Waals surface area (Å²) >= 11 is 0. The first-order valence-corrected chi connectivity index (χ1v) is 6.19. The van der Waals surface area contributed by atoms with Gasteiger partial charge in [-0.25, -0.2) is 0 Å². The number of likely N-dealkylation sites (N-methyl/N-ethyl adjacent to an activating group) is 1. The molecule has 0 aliphatic carbocycles. The van der Waals surface area contributed by atoms with Crippen molar-refractivity contribution in [2.24, 2.45) is 0 Å². The van der Waals surface area contributed by atoms with Crippen LogP contribution in [-0.4, -0.2) is 47.4 Å². The van der Waals surface area contributed by atoms with Crippen LogP contribution < -0.4 is 5.32 Å². The Hall–Kier alpha value is -0.910. The molecule has 0 aliphatic heterocycles. The van der Waals surface area contributed by atoms with Crippen LogP contribution in [0, 0.1) is 6.92 Å². The highest BCUT2D eigenvalue weighted by molar-refractivity contribution is 5.02. The Bertz CT molecular complexity index is 310. The van der Waals surface area contributed by atoms with E-state index in [2.05, 4.69) is 29.2 Å². The summed E-state index contributed by atoms with van der Waals surface area (Å²) in [4.78, 5) is 2.20. The molecule has 17 heavy (non-hydrogen) atoms. The van der Waals surface area contributed by atoms with E-state index in [1.807, 2.05) is 13.0 Å². The molecule has 1 aromatic rings. The van der Waals surface area contributed by atoms with E-state index in [0.29, 0.717) is 19.6 Å². The standard InChI is InChI=1S/C12H23N3O2/c1-4-15(5-2)9-12(16)8-13-7-11-6-10(3)17-14-11/h6,12-13,16H,4-5,7-9H2,1-3H3. The van der Waals surface area contributed by atoms with Gasteiger partial charge in [-0.15, -0.1) is 0 Å². The molecule has 0 saturated carbocycles. The van der Waals surface area contributed by atoms with Crippen LogP contribution in [0.5, 0.6) is 0 Å². The van der Waals surface area contributed by atoms with Gasteiger partial charge in [-0.1, -0.05) is 19.0 Å². The molecule has 0 aliphatic rings. The molecule has 5 heteroatoms. The van der Waals surface area contributed by atoms with Crippen LogP contribution in [0.25, 0.3) is 0 Å². The fourth-order valence-electron chi connectivity index (χ4n) is 1.71. The topological polar surface area (TPSA) is 61.5 Å². The molecule has 1 unspecified atom stereocenters. The lowest BCUT2D eigenvalue weighted by Gasteiger charge is -2.21. The van der Waals surface area contributed by atoms with E-state index < -0.39 is 0 Å². The Morgan fingerprint density at radius 1 is 1.47 bits per heavy atom. The van der Waals surface area contributed by atoms with E-state index in [4.69, 9.17) is 4.52 Å². The lowest BCUT2D eigenvalue weighted by molar-refractivity contribution is 0.116. The second-order valence-electron chi connectivity index (χ2n) is 4.20. The van der Waals surface area contributed by atoms with Crippen LogP contribution in [0.1, 0.15) is 25.3 Å². The summed E-state index contributed by atoms with van der Waals surface area (Å²) in [5, 5.41) is 16.9. The highest BCUT2D eigenvalue weighted by Crippen LogP contribution is 2.00. The van der Waals surface area contributed by atoms with E-state index >= 15 is 0 Å². The molecule has 0 aromatic carbocycles. The summed E-state index contributed by atoms with van der Waals surface area (Å²) < 4.78 is 4.96. The van der Waals surface area contributed by atoms with Crippen molar-refractivity contribution in [1.29, 1.82) is 0 Å². The summed E-state index contributed by atoms with van der Waals surface area (Å²) in [5.74, 6) is 0.811. The normalized spacial score (nSPS) is 13.2. The molecule has 0 spiro atoms. The average molecular weight is 241 g/mol. The number of aromatic nitrogens is 1. The second kappa shape index (κ2) is 7.42. The van der Waals surface area contributed by atoms with E-state index in [1.165, 1.54) is 0 Å². The number of rotatable bonds is 8. The van der Waals surface area contributed by atoms with Gasteiger partial charge < -0.3 is 19.8 Å². The van der Waals surface area contributed by atoms with Gasteiger partial charge in [-0.3, -0.25) is 0 Å². The number of hydrogen-bond donors (Lipinski definition) is 2. The molecule has 0 radical (unpaired) electrons. The highest BCUT2D eigenvalue weighted by Gasteiger charge is 2.08. The summed E-state index contributed by atoms with van der Waals surface area (Å²) in [6, 6.07) is 1.89. The minimum Gasteiger partial charge on any atom is -0.390 e. The van der Waals surface area contributed by atoms with Crippen molar-refractivity contribution >= 4 is 0 Å². The molecular formula is C12H23N3O2. The highest BCUT2D eigenvalue weighted by atomic mass is 16.5. The zero-order chi connectivity index (χ0) is 12.7. The fraction of sp³-hybridized carbons (Fsp3) is 0.750. The van der Waals surface area contributed by atoms with Crippen molar-refractivity contribution in [3.8, 4) is 0 Å². The second-order valence-corrected chi connectivity index (χ2v) is 4.20. The van der Waals surface area contributed by atoms with Gasteiger partial charge in [0.1, 0.15) is 5.76 Å². The summed E-state index contributed by atoms with van der Waals surface area (Å²) in [7, 11) is 0. The van der Waals surface area contributed by atoms with Crippen molar-refractivity contribution in [2.45, 2.75) is 33.4 Å². The van der Waals surface area contributed by atoms with Crippen molar-refractivity contribution < 1.29 is 9.63 Å². The van der Waals surface area contributed by atoms with Crippen LogP contribution in [0.4, 0.5) is 0 Å². The maximum absolute atomic E-state index is 9.82. The zero-order valence-corrected chi connectivity index (χ0v) is 10.9. The summed E-state index contributed by atoms with van der Waals surface area (Å²) in [6.45, 7) is 9.91. The predicted molar refractivity (Wildman–Crippen MR) is 66.7 cm³/mol. The fourth-order valence-corrected chi connectivity index (χ4v) is 1.71. The third-order valence-corrected chi connectivity index (χ3v) is 2.73. The Labute approximate surface area is 103 Å². The number of nitrogens with one attached hydrogen (secondary N) is 1. The molecular weight excluding hydrogens is 218 g/mol. The minimum atomic E-state index is -0.345. The SMILES string of the molecule is CCN(CC)CC(O)CNCc1cc(C)on1. The maximum atomic E-state index is 9.82. The number of aliphatic hydroxyl groups is 1. The van der Waals surface area contributed by atoms with Gasteiger partial charge in [0, 0.05) is 25.7 Å². The molecule has 2 N–H and O–H groups in total. The molecule has 98 valence electrons. The molecule has 1 heterocycles. The molecule has 0 amide bonds. The third kappa shape index (κ3) is 5.30. The van der Waals surface area contributed by atoms with Crippen LogP contribution >= 0.6 is 0 Å². The Balaban J connectivity index is 2.17.